The standard InChI is InChI=1S/C72H64N6O2/c1-41(2)55-35-50(47-22-13-11-14-23-47)36-56(42(3)4)67(55)77-63-30-19-17-28-61(63)75-70(77)49-26-21-27-52(34-49)79-53-39-59-65-54-33-32-45(9)73-66(54)46(10)74-72(65)80-69(59)60(40-53)71-76-62-29-18-20-31-64(62)78(71)68-57(43(5)6)37-51(38-58(68)44(7)8)48-24-15-12-16-25-48/h11-44H,1-10H3. The number of aromatic nitrogens is 6. The molecule has 0 aliphatic carbocycles. The van der Waals surface area contributed by atoms with E-state index < -0.39 is 0 Å². The zero-order chi connectivity index (χ0) is 55.1. The summed E-state index contributed by atoms with van der Waals surface area (Å²) in [5.41, 5.74) is 21.4. The summed E-state index contributed by atoms with van der Waals surface area (Å²) in [4.78, 5) is 21.2. The van der Waals surface area contributed by atoms with Gasteiger partial charge in [-0.05, 0) is 161 Å². The first-order valence-electron chi connectivity index (χ1n) is 28.1. The van der Waals surface area contributed by atoms with Crippen molar-refractivity contribution in [1.29, 1.82) is 0 Å². The van der Waals surface area contributed by atoms with Gasteiger partial charge in [0.15, 0.2) is 0 Å². The van der Waals surface area contributed by atoms with Gasteiger partial charge >= 0.3 is 0 Å². The number of ether oxygens (including phenoxy) is 1. The fourth-order valence-electron chi connectivity index (χ4n) is 11.9. The minimum absolute atomic E-state index is 0.179. The Balaban J connectivity index is 1.04. The number of nitrogens with zero attached hydrogens (tertiary/aromatic N) is 6. The van der Waals surface area contributed by atoms with Gasteiger partial charge in [-0.25, -0.2) is 15.0 Å². The van der Waals surface area contributed by atoms with Gasteiger partial charge in [0, 0.05) is 22.0 Å². The molecular weight excluding hydrogens is 981 g/mol. The number of fused-ring (bicyclic) bond motifs is 7. The van der Waals surface area contributed by atoms with E-state index in [0.29, 0.717) is 22.8 Å². The van der Waals surface area contributed by atoms with E-state index >= 15 is 0 Å². The summed E-state index contributed by atoms with van der Waals surface area (Å²) < 4.78 is 19.1. The van der Waals surface area contributed by atoms with Crippen LogP contribution in [0, 0.1) is 13.8 Å². The molecule has 0 bridgehead atoms. The fraction of sp³-hybridized carbons (Fsp3) is 0.194. The third-order valence-corrected chi connectivity index (χ3v) is 15.8. The number of rotatable bonds is 12. The Hall–Kier alpha value is -9.14. The second-order valence-electron chi connectivity index (χ2n) is 22.7. The van der Waals surface area contributed by atoms with Crippen LogP contribution in [0.3, 0.4) is 0 Å². The van der Waals surface area contributed by atoms with Crippen molar-refractivity contribution in [3.05, 3.63) is 216 Å². The molecule has 8 heteroatoms. The molecule has 0 saturated carbocycles. The number of imidazole rings is 2. The molecule has 0 radical (unpaired) electrons. The van der Waals surface area contributed by atoms with Crippen molar-refractivity contribution in [2.45, 2.75) is 92.9 Å². The lowest BCUT2D eigenvalue weighted by Crippen LogP contribution is -2.09. The first-order chi connectivity index (χ1) is 38.8. The summed E-state index contributed by atoms with van der Waals surface area (Å²) in [5.74, 6) is 3.69. The van der Waals surface area contributed by atoms with Crippen LogP contribution in [0.1, 0.15) is 113 Å². The summed E-state index contributed by atoms with van der Waals surface area (Å²) >= 11 is 0. The first kappa shape index (κ1) is 50.4. The van der Waals surface area contributed by atoms with Crippen LogP contribution in [0.2, 0.25) is 0 Å². The highest BCUT2D eigenvalue weighted by atomic mass is 16.5. The average Bonchev–Trinajstić information content (AvgIpc) is 4.26. The SMILES string of the molecule is Cc1ccc2c(n1)c(C)nc1oc3c(-c4nc5ccccc5n4-c4c(C(C)C)cc(-c5ccccc5)cc4C(C)C)cc(Oc4cccc(-c5nc6ccccc6n5-c5c(C(C)C)cc(-c6ccccc6)cc5C(C)C)c4)cc3c12. The maximum Gasteiger partial charge on any atom is 0.228 e. The van der Waals surface area contributed by atoms with Crippen LogP contribution >= 0.6 is 0 Å². The van der Waals surface area contributed by atoms with E-state index in [9.17, 15) is 0 Å². The molecule has 0 aliphatic rings. The third-order valence-electron chi connectivity index (χ3n) is 15.8. The number of aryl methyl sites for hydroxylation is 2. The van der Waals surface area contributed by atoms with Crippen molar-refractivity contribution < 1.29 is 9.15 Å². The maximum absolute atomic E-state index is 7.25. The summed E-state index contributed by atoms with van der Waals surface area (Å²) in [7, 11) is 0. The van der Waals surface area contributed by atoms with Gasteiger partial charge in [-0.15, -0.1) is 0 Å². The molecule has 8 nitrogen and oxygen atoms in total. The number of hydrogen-bond acceptors (Lipinski definition) is 6. The van der Waals surface area contributed by atoms with Gasteiger partial charge < -0.3 is 9.15 Å². The van der Waals surface area contributed by atoms with Crippen molar-refractivity contribution in [2.75, 3.05) is 0 Å². The minimum atomic E-state index is 0.179. The van der Waals surface area contributed by atoms with Crippen LogP contribution < -0.4 is 4.74 Å². The Morgan fingerprint density at radius 2 is 0.912 bits per heavy atom. The molecule has 0 amide bonds. The minimum Gasteiger partial charge on any atom is -0.457 e. The second-order valence-corrected chi connectivity index (χ2v) is 22.7. The molecule has 80 heavy (non-hydrogen) atoms. The zero-order valence-electron chi connectivity index (χ0n) is 47.1. The summed E-state index contributed by atoms with van der Waals surface area (Å²) in [6.07, 6.45) is 0. The Kier molecular flexibility index (Phi) is 12.6. The van der Waals surface area contributed by atoms with Gasteiger partial charge in [-0.2, -0.15) is 0 Å². The van der Waals surface area contributed by atoms with Crippen LogP contribution in [0.5, 0.6) is 11.5 Å². The molecule has 394 valence electrons. The van der Waals surface area contributed by atoms with Crippen molar-refractivity contribution in [3.63, 3.8) is 0 Å². The van der Waals surface area contributed by atoms with Crippen molar-refractivity contribution >= 4 is 55.0 Å². The molecule has 0 fully saturated rings. The van der Waals surface area contributed by atoms with Crippen molar-refractivity contribution in [1.82, 2.24) is 29.1 Å². The lowest BCUT2D eigenvalue weighted by Gasteiger charge is -2.24. The molecule has 5 aromatic heterocycles. The predicted molar refractivity (Wildman–Crippen MR) is 330 cm³/mol. The molecule has 0 N–H and O–H groups in total. The Morgan fingerprint density at radius 3 is 1.46 bits per heavy atom. The van der Waals surface area contributed by atoms with E-state index in [0.717, 1.165) is 83.6 Å². The van der Waals surface area contributed by atoms with E-state index in [1.165, 1.54) is 50.2 Å². The molecule has 0 spiro atoms. The van der Waals surface area contributed by atoms with Crippen molar-refractivity contribution in [3.8, 4) is 67.9 Å². The third kappa shape index (κ3) is 8.61. The van der Waals surface area contributed by atoms with E-state index in [1.54, 1.807) is 0 Å². The maximum atomic E-state index is 7.25. The van der Waals surface area contributed by atoms with Crippen LogP contribution in [0.25, 0.3) is 111 Å². The van der Waals surface area contributed by atoms with Gasteiger partial charge in [0.05, 0.1) is 55.6 Å². The Morgan fingerprint density at radius 1 is 0.412 bits per heavy atom. The highest BCUT2D eigenvalue weighted by Crippen LogP contribution is 2.47. The molecule has 8 aromatic carbocycles. The molecule has 5 heterocycles. The van der Waals surface area contributed by atoms with E-state index in [-0.39, 0.29) is 23.7 Å². The molecular formula is C72H64N6O2. The molecule has 0 atom stereocenters. The van der Waals surface area contributed by atoms with Gasteiger partial charge in [-0.3, -0.25) is 14.1 Å². The quantitative estimate of drug-likeness (QED) is 0.121. The van der Waals surface area contributed by atoms with Gasteiger partial charge in [0.25, 0.3) is 0 Å². The number of pyridine rings is 2. The summed E-state index contributed by atoms with van der Waals surface area (Å²) in [5, 5.41) is 2.71. The molecule has 13 aromatic rings. The molecule has 13 rings (SSSR count). The van der Waals surface area contributed by atoms with Crippen LogP contribution in [-0.4, -0.2) is 29.1 Å². The zero-order valence-corrected chi connectivity index (χ0v) is 47.1. The van der Waals surface area contributed by atoms with Crippen LogP contribution in [0.4, 0.5) is 0 Å². The van der Waals surface area contributed by atoms with Gasteiger partial charge in [-0.1, -0.05) is 159 Å². The van der Waals surface area contributed by atoms with Gasteiger partial charge in [0.1, 0.15) is 28.7 Å². The Labute approximate surface area is 467 Å². The molecule has 0 saturated heterocycles. The van der Waals surface area contributed by atoms with Gasteiger partial charge in [0.2, 0.25) is 5.71 Å². The largest absolute Gasteiger partial charge is 0.457 e. The molecule has 0 unspecified atom stereocenters. The highest BCUT2D eigenvalue weighted by molar-refractivity contribution is 6.20. The predicted octanol–water partition coefficient (Wildman–Crippen LogP) is 19.8. The lowest BCUT2D eigenvalue weighted by molar-refractivity contribution is 0.483. The monoisotopic (exact) mass is 1040 g/mol. The van der Waals surface area contributed by atoms with E-state index in [2.05, 4.69) is 240 Å². The smallest absolute Gasteiger partial charge is 0.228 e. The topological polar surface area (TPSA) is 83.8 Å². The number of para-hydroxylation sites is 4. The summed E-state index contributed by atoms with van der Waals surface area (Å²) in [6, 6.07) is 64.6. The molecule has 0 aliphatic heterocycles. The normalized spacial score (nSPS) is 12.1. The number of hydrogen-bond donors (Lipinski definition) is 0. The average molecular weight is 1050 g/mol. The summed E-state index contributed by atoms with van der Waals surface area (Å²) in [6.45, 7) is 22.3. The van der Waals surface area contributed by atoms with Crippen LogP contribution in [0.15, 0.2) is 186 Å². The van der Waals surface area contributed by atoms with E-state index in [4.69, 9.17) is 29.1 Å². The van der Waals surface area contributed by atoms with E-state index in [1.807, 2.05) is 19.9 Å². The lowest BCUT2D eigenvalue weighted by atomic mass is 9.88. The number of benzene rings is 8. The van der Waals surface area contributed by atoms with Crippen molar-refractivity contribution in [2.24, 2.45) is 0 Å². The number of furan rings is 1. The van der Waals surface area contributed by atoms with Crippen LogP contribution in [-0.2, 0) is 0 Å². The first-order valence-corrected chi connectivity index (χ1v) is 28.1. The highest BCUT2D eigenvalue weighted by Gasteiger charge is 2.29. The second kappa shape index (κ2) is 19.9. The Bertz CT molecular complexity index is 4480. The fourth-order valence-corrected chi connectivity index (χ4v) is 11.9.